The molecule has 0 atom stereocenters. The minimum Gasteiger partial charge on any atom is -0.453 e. The lowest BCUT2D eigenvalue weighted by Gasteiger charge is -2.31. The zero-order chi connectivity index (χ0) is 15.3. The average Bonchev–Trinajstić information content (AvgIpc) is 2.50. The van der Waals surface area contributed by atoms with Gasteiger partial charge in [0.25, 0.3) is 0 Å². The minimum absolute atomic E-state index is 0.143. The van der Waals surface area contributed by atoms with Gasteiger partial charge in [-0.3, -0.25) is 10.1 Å². The highest BCUT2D eigenvalue weighted by Crippen LogP contribution is 2.27. The number of benzene rings is 1. The molecule has 0 unspecified atom stereocenters. The Morgan fingerprint density at radius 3 is 2.10 bits per heavy atom. The zero-order valence-corrected chi connectivity index (χ0v) is 12.1. The molecule has 1 aromatic rings. The molecule has 1 aliphatic carbocycles. The van der Waals surface area contributed by atoms with Crippen molar-refractivity contribution in [3.05, 3.63) is 24.3 Å². The largest absolute Gasteiger partial charge is 0.453 e. The molecule has 0 spiro atoms. The molecule has 0 bridgehead atoms. The molecule has 0 aromatic heterocycles. The van der Waals surface area contributed by atoms with Gasteiger partial charge >= 0.3 is 6.09 Å². The Hall–Kier alpha value is -2.08. The Bertz CT molecular complexity index is 507. The van der Waals surface area contributed by atoms with Crippen LogP contribution in [0.1, 0.15) is 32.1 Å². The summed E-state index contributed by atoms with van der Waals surface area (Å²) in [4.78, 5) is 23.3. The number of carbonyl (C=O) groups excluding carboxylic acids is 2. The third-order valence-corrected chi connectivity index (χ3v) is 3.77. The van der Waals surface area contributed by atoms with Gasteiger partial charge in [-0.2, -0.15) is 0 Å². The molecule has 2 amide bonds. The van der Waals surface area contributed by atoms with Gasteiger partial charge in [-0.05, 0) is 37.1 Å². The number of anilines is 2. The number of ether oxygens (including phenoxy) is 1. The molecule has 6 heteroatoms. The average molecular weight is 291 g/mol. The zero-order valence-electron chi connectivity index (χ0n) is 12.1. The normalized spacial score (nSPS) is 16.9. The van der Waals surface area contributed by atoms with Crippen molar-refractivity contribution >= 4 is 23.4 Å². The van der Waals surface area contributed by atoms with Gasteiger partial charge in [0, 0.05) is 11.4 Å². The molecule has 0 heterocycles. The maximum Gasteiger partial charge on any atom is 0.411 e. The highest BCUT2D eigenvalue weighted by molar-refractivity contribution is 5.98. The summed E-state index contributed by atoms with van der Waals surface area (Å²) in [5.41, 5.74) is 6.67. The second-order valence-corrected chi connectivity index (χ2v) is 5.36. The van der Waals surface area contributed by atoms with Crippen molar-refractivity contribution in [3.63, 3.8) is 0 Å². The number of carbonyl (C=O) groups is 2. The van der Waals surface area contributed by atoms with Gasteiger partial charge in [0.05, 0.1) is 12.6 Å². The minimum atomic E-state index is -0.763. The summed E-state index contributed by atoms with van der Waals surface area (Å²) in [6.07, 6.45) is 4.04. The van der Waals surface area contributed by atoms with Crippen molar-refractivity contribution in [2.45, 2.75) is 37.6 Å². The van der Waals surface area contributed by atoms with Crippen molar-refractivity contribution < 1.29 is 14.3 Å². The molecule has 1 saturated carbocycles. The van der Waals surface area contributed by atoms with Gasteiger partial charge in [-0.15, -0.1) is 0 Å². The predicted octanol–water partition coefficient (Wildman–Crippen LogP) is 2.47. The molecule has 0 radical (unpaired) electrons. The lowest BCUT2D eigenvalue weighted by Crippen LogP contribution is -2.52. The van der Waals surface area contributed by atoms with Crippen LogP contribution in [0.15, 0.2) is 24.3 Å². The van der Waals surface area contributed by atoms with Crippen LogP contribution in [0.4, 0.5) is 16.2 Å². The summed E-state index contributed by atoms with van der Waals surface area (Å²) in [5.74, 6) is -0.143. The molecule has 6 nitrogen and oxygen atoms in total. The van der Waals surface area contributed by atoms with E-state index in [1.165, 1.54) is 7.11 Å². The van der Waals surface area contributed by atoms with E-state index in [1.54, 1.807) is 24.3 Å². The van der Waals surface area contributed by atoms with Crippen molar-refractivity contribution in [1.82, 2.24) is 0 Å². The number of hydrogen-bond donors (Lipinski definition) is 3. The van der Waals surface area contributed by atoms with Crippen molar-refractivity contribution in [3.8, 4) is 0 Å². The first-order valence-corrected chi connectivity index (χ1v) is 7.09. The van der Waals surface area contributed by atoms with Crippen molar-refractivity contribution in [1.29, 1.82) is 0 Å². The van der Waals surface area contributed by atoms with Gasteiger partial charge < -0.3 is 15.8 Å². The van der Waals surface area contributed by atoms with Gasteiger partial charge in [0.2, 0.25) is 5.91 Å². The fourth-order valence-corrected chi connectivity index (χ4v) is 2.47. The molecule has 1 fully saturated rings. The van der Waals surface area contributed by atoms with Crippen LogP contribution < -0.4 is 16.4 Å². The summed E-state index contributed by atoms with van der Waals surface area (Å²) in [6.45, 7) is 0. The van der Waals surface area contributed by atoms with E-state index in [4.69, 9.17) is 5.73 Å². The highest BCUT2D eigenvalue weighted by Gasteiger charge is 2.35. The van der Waals surface area contributed by atoms with Crippen LogP contribution >= 0.6 is 0 Å². The molecule has 1 aromatic carbocycles. The van der Waals surface area contributed by atoms with Crippen LogP contribution in [0.5, 0.6) is 0 Å². The first-order valence-electron chi connectivity index (χ1n) is 7.09. The van der Waals surface area contributed by atoms with E-state index < -0.39 is 11.6 Å². The van der Waals surface area contributed by atoms with Crippen LogP contribution in [0.25, 0.3) is 0 Å². The van der Waals surface area contributed by atoms with E-state index in [0.29, 0.717) is 11.4 Å². The highest BCUT2D eigenvalue weighted by atomic mass is 16.5. The molecule has 4 N–H and O–H groups in total. The van der Waals surface area contributed by atoms with E-state index in [-0.39, 0.29) is 5.91 Å². The Morgan fingerprint density at radius 2 is 1.57 bits per heavy atom. The number of amides is 2. The molecule has 2 rings (SSSR count). The van der Waals surface area contributed by atoms with Crippen LogP contribution in [0.3, 0.4) is 0 Å². The third-order valence-electron chi connectivity index (χ3n) is 3.77. The first kappa shape index (κ1) is 15.3. The van der Waals surface area contributed by atoms with E-state index in [9.17, 15) is 9.59 Å². The summed E-state index contributed by atoms with van der Waals surface area (Å²) in [7, 11) is 1.30. The lowest BCUT2D eigenvalue weighted by atomic mass is 9.82. The van der Waals surface area contributed by atoms with Gasteiger partial charge in [0.15, 0.2) is 0 Å². The maximum atomic E-state index is 12.3. The lowest BCUT2D eigenvalue weighted by molar-refractivity contribution is -0.122. The van der Waals surface area contributed by atoms with E-state index in [2.05, 4.69) is 15.4 Å². The molecule has 21 heavy (non-hydrogen) atoms. The quantitative estimate of drug-likeness (QED) is 0.797. The molecule has 0 saturated heterocycles. The molecular weight excluding hydrogens is 270 g/mol. The Balaban J connectivity index is 1.96. The number of nitrogens with two attached hydrogens (primary N) is 1. The van der Waals surface area contributed by atoms with Gasteiger partial charge in [-0.1, -0.05) is 19.3 Å². The fourth-order valence-electron chi connectivity index (χ4n) is 2.47. The number of rotatable bonds is 3. The van der Waals surface area contributed by atoms with Crippen LogP contribution in [-0.2, 0) is 9.53 Å². The summed E-state index contributed by atoms with van der Waals surface area (Å²) in [6, 6.07) is 6.82. The smallest absolute Gasteiger partial charge is 0.411 e. The van der Waals surface area contributed by atoms with Crippen molar-refractivity contribution in [2.75, 3.05) is 17.7 Å². The second kappa shape index (κ2) is 6.58. The monoisotopic (exact) mass is 291 g/mol. The summed E-state index contributed by atoms with van der Waals surface area (Å²) >= 11 is 0. The molecular formula is C15H21N3O3. The van der Waals surface area contributed by atoms with Crippen LogP contribution in [-0.4, -0.2) is 24.6 Å². The van der Waals surface area contributed by atoms with E-state index in [0.717, 1.165) is 32.1 Å². The number of methoxy groups -OCH3 is 1. The number of nitrogens with one attached hydrogen (secondary N) is 2. The van der Waals surface area contributed by atoms with Gasteiger partial charge in [0.1, 0.15) is 0 Å². The Labute approximate surface area is 124 Å². The Morgan fingerprint density at radius 1 is 1.05 bits per heavy atom. The Kier molecular flexibility index (Phi) is 4.80. The second-order valence-electron chi connectivity index (χ2n) is 5.36. The maximum absolute atomic E-state index is 12.3. The van der Waals surface area contributed by atoms with Crippen LogP contribution in [0.2, 0.25) is 0 Å². The summed E-state index contributed by atoms with van der Waals surface area (Å²) in [5, 5.41) is 5.38. The van der Waals surface area contributed by atoms with Crippen LogP contribution in [0, 0.1) is 0 Å². The molecule has 1 aliphatic rings. The predicted molar refractivity (Wildman–Crippen MR) is 81.1 cm³/mol. The van der Waals surface area contributed by atoms with E-state index in [1.807, 2.05) is 0 Å². The first-order chi connectivity index (χ1) is 10.0. The number of hydrogen-bond acceptors (Lipinski definition) is 4. The third kappa shape index (κ3) is 3.95. The fraction of sp³-hybridized carbons (Fsp3) is 0.467. The molecule has 114 valence electrons. The topological polar surface area (TPSA) is 93.5 Å². The standard InChI is InChI=1S/C15H21N3O3/c1-21-14(20)18-12-7-5-11(6-8-12)17-13(19)15(16)9-3-2-4-10-15/h5-8H,2-4,9-10,16H2,1H3,(H,17,19)(H,18,20). The van der Waals surface area contributed by atoms with Crippen molar-refractivity contribution in [2.24, 2.45) is 5.73 Å². The molecule has 0 aliphatic heterocycles. The van der Waals surface area contributed by atoms with Gasteiger partial charge in [-0.25, -0.2) is 4.79 Å². The van der Waals surface area contributed by atoms with E-state index >= 15 is 0 Å². The SMILES string of the molecule is COC(=O)Nc1ccc(NC(=O)C2(N)CCCCC2)cc1. The summed E-state index contributed by atoms with van der Waals surface area (Å²) < 4.78 is 4.51.